The summed E-state index contributed by atoms with van der Waals surface area (Å²) in [5, 5.41) is 28.9. The van der Waals surface area contributed by atoms with Crippen molar-refractivity contribution in [1.82, 2.24) is 9.97 Å². The van der Waals surface area contributed by atoms with E-state index in [-0.39, 0.29) is 17.3 Å². The second kappa shape index (κ2) is 7.79. The van der Waals surface area contributed by atoms with E-state index in [1.807, 2.05) is 0 Å². The van der Waals surface area contributed by atoms with E-state index < -0.39 is 34.6 Å². The molecule has 1 aromatic heterocycles. The zero-order valence-corrected chi connectivity index (χ0v) is 13.3. The van der Waals surface area contributed by atoms with Gasteiger partial charge in [0.2, 0.25) is 0 Å². The van der Waals surface area contributed by atoms with Gasteiger partial charge >= 0.3 is 17.2 Å². The third-order valence-corrected chi connectivity index (χ3v) is 3.07. The number of aromatic nitrogens is 2. The molecule has 0 radical (unpaired) electrons. The van der Waals surface area contributed by atoms with E-state index in [0.29, 0.717) is 5.56 Å². The molecule has 2 aromatic rings. The van der Waals surface area contributed by atoms with Crippen LogP contribution in [0.3, 0.4) is 0 Å². The lowest BCUT2D eigenvalue weighted by Crippen LogP contribution is -2.14. The van der Waals surface area contributed by atoms with Crippen LogP contribution in [0.4, 0.5) is 5.69 Å². The minimum Gasteiger partial charge on any atom is -0.493 e. The Labute approximate surface area is 145 Å². The van der Waals surface area contributed by atoms with E-state index >= 15 is 0 Å². The Bertz CT molecular complexity index is 935. The Balaban J connectivity index is 2.40. The van der Waals surface area contributed by atoms with Crippen LogP contribution in [0.5, 0.6) is 17.4 Å². The van der Waals surface area contributed by atoms with E-state index in [4.69, 9.17) is 14.6 Å². The first-order chi connectivity index (χ1) is 12.3. The fourth-order valence-corrected chi connectivity index (χ4v) is 2.00. The molecule has 2 rings (SSSR count). The predicted molar refractivity (Wildman–Crippen MR) is 88.2 cm³/mol. The second-order valence-corrected chi connectivity index (χ2v) is 4.77. The van der Waals surface area contributed by atoms with Crippen LogP contribution in [0.25, 0.3) is 12.2 Å². The van der Waals surface area contributed by atoms with Crippen LogP contribution in [0.1, 0.15) is 11.4 Å². The van der Waals surface area contributed by atoms with Crippen molar-refractivity contribution in [1.29, 1.82) is 0 Å². The number of nitrogens with zero attached hydrogens (tertiary/aromatic N) is 2. The Morgan fingerprint density at radius 3 is 2.73 bits per heavy atom. The van der Waals surface area contributed by atoms with E-state index in [0.717, 1.165) is 0 Å². The Kier molecular flexibility index (Phi) is 5.53. The normalized spacial score (nSPS) is 10.7. The molecule has 136 valence electrons. The summed E-state index contributed by atoms with van der Waals surface area (Å²) in [4.78, 5) is 37.6. The van der Waals surface area contributed by atoms with Crippen molar-refractivity contribution in [2.75, 3.05) is 13.7 Å². The highest BCUT2D eigenvalue weighted by Gasteiger charge is 2.21. The average molecular weight is 363 g/mol. The molecule has 0 fully saturated rings. The molecule has 3 N–H and O–H groups in total. The number of H-pyrrole nitrogens is 1. The summed E-state index contributed by atoms with van der Waals surface area (Å²) in [6.45, 7) is -0.603. The topological polar surface area (TPSA) is 165 Å². The SMILES string of the molecule is COc1cccc(/C=C\c2nc(O)c([N+](=O)[O-])c(=O)[nH]2)c1OCC(=O)O. The van der Waals surface area contributed by atoms with E-state index in [1.54, 1.807) is 18.2 Å². The number of rotatable bonds is 7. The lowest BCUT2D eigenvalue weighted by molar-refractivity contribution is -0.387. The molecular weight excluding hydrogens is 350 g/mol. The highest BCUT2D eigenvalue weighted by atomic mass is 16.6. The first-order valence-electron chi connectivity index (χ1n) is 7.00. The van der Waals surface area contributed by atoms with Crippen molar-refractivity contribution in [3.8, 4) is 17.4 Å². The maximum Gasteiger partial charge on any atom is 0.395 e. The molecule has 0 amide bonds. The molecule has 0 aliphatic heterocycles. The molecular formula is C15H13N3O8. The van der Waals surface area contributed by atoms with Gasteiger partial charge in [0.1, 0.15) is 5.82 Å². The number of carboxylic acids is 1. The quantitative estimate of drug-likeness (QED) is 0.481. The van der Waals surface area contributed by atoms with Crippen LogP contribution in [-0.2, 0) is 4.79 Å². The minimum atomic E-state index is -1.18. The van der Waals surface area contributed by atoms with Crippen molar-refractivity contribution in [3.63, 3.8) is 0 Å². The van der Waals surface area contributed by atoms with Crippen LogP contribution < -0.4 is 15.0 Å². The molecule has 11 heteroatoms. The van der Waals surface area contributed by atoms with Crippen LogP contribution in [0, 0.1) is 10.1 Å². The van der Waals surface area contributed by atoms with Gasteiger partial charge in [0.05, 0.1) is 12.0 Å². The molecule has 0 aliphatic carbocycles. The van der Waals surface area contributed by atoms with Gasteiger partial charge in [-0.05, 0) is 18.2 Å². The van der Waals surface area contributed by atoms with Crippen LogP contribution in [0.15, 0.2) is 23.0 Å². The number of aromatic hydroxyl groups is 1. The van der Waals surface area contributed by atoms with Gasteiger partial charge < -0.3 is 24.7 Å². The van der Waals surface area contributed by atoms with Crippen molar-refractivity contribution in [3.05, 3.63) is 50.1 Å². The monoisotopic (exact) mass is 363 g/mol. The van der Waals surface area contributed by atoms with Crippen molar-refractivity contribution < 1.29 is 29.4 Å². The van der Waals surface area contributed by atoms with Crippen molar-refractivity contribution in [2.24, 2.45) is 0 Å². The molecule has 1 heterocycles. The number of carbonyl (C=O) groups is 1. The first-order valence-corrected chi connectivity index (χ1v) is 7.00. The number of hydrogen-bond donors (Lipinski definition) is 3. The summed E-state index contributed by atoms with van der Waals surface area (Å²) in [5.74, 6) is -1.93. The highest BCUT2D eigenvalue weighted by molar-refractivity contribution is 5.74. The predicted octanol–water partition coefficient (Wildman–Crippen LogP) is 1.03. The number of hydrogen-bond acceptors (Lipinski definition) is 8. The third kappa shape index (κ3) is 4.14. The number of aliphatic carboxylic acids is 1. The molecule has 0 saturated heterocycles. The molecule has 11 nitrogen and oxygen atoms in total. The number of ether oxygens (including phenoxy) is 2. The molecule has 0 spiro atoms. The van der Waals surface area contributed by atoms with E-state index in [9.17, 15) is 24.8 Å². The zero-order valence-electron chi connectivity index (χ0n) is 13.3. The molecule has 26 heavy (non-hydrogen) atoms. The maximum atomic E-state index is 11.6. The molecule has 0 aliphatic rings. The lowest BCUT2D eigenvalue weighted by atomic mass is 10.1. The average Bonchev–Trinajstić information content (AvgIpc) is 2.57. The molecule has 0 atom stereocenters. The van der Waals surface area contributed by atoms with Gasteiger partial charge in [-0.1, -0.05) is 12.1 Å². The number of aromatic amines is 1. The van der Waals surface area contributed by atoms with Gasteiger partial charge in [-0.15, -0.1) is 0 Å². The summed E-state index contributed by atoms with van der Waals surface area (Å²) in [5.41, 5.74) is -1.78. The Morgan fingerprint density at radius 1 is 1.42 bits per heavy atom. The first kappa shape index (κ1) is 18.4. The van der Waals surface area contributed by atoms with Crippen LogP contribution >= 0.6 is 0 Å². The Morgan fingerprint density at radius 2 is 2.15 bits per heavy atom. The van der Waals surface area contributed by atoms with Gasteiger partial charge in [0.25, 0.3) is 5.88 Å². The molecule has 0 saturated carbocycles. The van der Waals surface area contributed by atoms with Gasteiger partial charge in [0.15, 0.2) is 18.1 Å². The fourth-order valence-electron chi connectivity index (χ4n) is 2.00. The number of nitrogens with one attached hydrogen (secondary N) is 1. The number of nitro groups is 1. The minimum absolute atomic E-state index is 0.141. The van der Waals surface area contributed by atoms with Crippen molar-refractivity contribution >= 4 is 23.8 Å². The van der Waals surface area contributed by atoms with Gasteiger partial charge in [-0.3, -0.25) is 14.9 Å². The Hall–Kier alpha value is -3.89. The molecule has 1 aromatic carbocycles. The van der Waals surface area contributed by atoms with E-state index in [2.05, 4.69) is 9.97 Å². The second-order valence-electron chi connectivity index (χ2n) is 4.77. The summed E-state index contributed by atoms with van der Waals surface area (Å²) >= 11 is 0. The molecule has 0 bridgehead atoms. The number of methoxy groups -OCH3 is 1. The number of carboxylic acid groups (broad SMARTS) is 1. The van der Waals surface area contributed by atoms with Crippen LogP contribution in [-0.4, -0.2) is 44.8 Å². The summed E-state index contributed by atoms with van der Waals surface area (Å²) < 4.78 is 10.3. The van der Waals surface area contributed by atoms with Crippen molar-refractivity contribution in [2.45, 2.75) is 0 Å². The van der Waals surface area contributed by atoms with Gasteiger partial charge in [-0.25, -0.2) is 4.79 Å². The standard InChI is InChI=1S/C15H13N3O8/c1-25-9-4-2-3-8(13(9)26-7-11(19)20)5-6-10-16-14(21)12(18(23)24)15(22)17-10/h2-6H,7H2,1H3,(H,19,20)(H2,16,17,21,22)/b6-5-. The summed E-state index contributed by atoms with van der Waals surface area (Å²) in [6, 6.07) is 4.77. The summed E-state index contributed by atoms with van der Waals surface area (Å²) in [6.07, 6.45) is 2.66. The third-order valence-electron chi connectivity index (χ3n) is 3.07. The largest absolute Gasteiger partial charge is 0.493 e. The molecule has 0 unspecified atom stereocenters. The van der Waals surface area contributed by atoms with E-state index in [1.165, 1.54) is 19.3 Å². The van der Waals surface area contributed by atoms with Gasteiger partial charge in [0, 0.05) is 5.56 Å². The maximum absolute atomic E-state index is 11.6. The summed E-state index contributed by atoms with van der Waals surface area (Å²) in [7, 11) is 1.38. The lowest BCUT2D eigenvalue weighted by Gasteiger charge is -2.11. The zero-order chi connectivity index (χ0) is 19.3. The smallest absolute Gasteiger partial charge is 0.395 e. The van der Waals surface area contributed by atoms with Gasteiger partial charge in [-0.2, -0.15) is 4.98 Å². The number of benzene rings is 1. The fraction of sp³-hybridized carbons (Fsp3) is 0.133. The number of para-hydroxylation sites is 1. The highest BCUT2D eigenvalue weighted by Crippen LogP contribution is 2.32. The van der Waals surface area contributed by atoms with Crippen LogP contribution in [0.2, 0.25) is 0 Å².